The fourth-order valence-electron chi connectivity index (χ4n) is 1.97. The van der Waals surface area contributed by atoms with Crippen molar-refractivity contribution in [2.24, 2.45) is 0 Å². The van der Waals surface area contributed by atoms with Crippen molar-refractivity contribution in [3.05, 3.63) is 46.5 Å². The number of aliphatic hydroxyl groups is 1. The second kappa shape index (κ2) is 7.77. The molecule has 0 aliphatic rings. The molecule has 0 fully saturated rings. The van der Waals surface area contributed by atoms with Gasteiger partial charge >= 0.3 is 0 Å². The Hall–Kier alpha value is -2.12. The van der Waals surface area contributed by atoms with Gasteiger partial charge in [-0.05, 0) is 30.5 Å². The number of hydrogen-bond acceptors (Lipinski definition) is 5. The number of furan rings is 1. The van der Waals surface area contributed by atoms with E-state index in [1.807, 2.05) is 0 Å². The van der Waals surface area contributed by atoms with Crippen LogP contribution in [0.15, 0.2) is 40.3 Å². The van der Waals surface area contributed by atoms with Crippen molar-refractivity contribution in [3.63, 3.8) is 0 Å². The highest BCUT2D eigenvalue weighted by Gasteiger charge is 2.16. The van der Waals surface area contributed by atoms with Crippen molar-refractivity contribution in [2.75, 3.05) is 6.54 Å². The normalized spacial score (nSPS) is 13.4. The summed E-state index contributed by atoms with van der Waals surface area (Å²) in [7, 11) is 0. The number of aliphatic hydroxyl groups excluding tert-OH is 1. The van der Waals surface area contributed by atoms with E-state index in [-0.39, 0.29) is 24.4 Å². The maximum absolute atomic E-state index is 11.8. The minimum absolute atomic E-state index is 0.0993. The quantitative estimate of drug-likeness (QED) is 0.723. The van der Waals surface area contributed by atoms with Crippen LogP contribution < -0.4 is 10.6 Å². The van der Waals surface area contributed by atoms with Crippen LogP contribution in [-0.4, -0.2) is 29.5 Å². The summed E-state index contributed by atoms with van der Waals surface area (Å²) < 4.78 is 5.10. The van der Waals surface area contributed by atoms with Gasteiger partial charge in [-0.1, -0.05) is 6.07 Å². The first-order valence-electron chi connectivity index (χ1n) is 6.89. The minimum atomic E-state index is -0.772. The molecule has 2 aromatic heterocycles. The first-order valence-corrected chi connectivity index (χ1v) is 7.76. The molecule has 22 heavy (non-hydrogen) atoms. The summed E-state index contributed by atoms with van der Waals surface area (Å²) in [6.07, 6.45) is 1.05. The molecule has 2 heterocycles. The van der Waals surface area contributed by atoms with Gasteiger partial charge in [-0.25, -0.2) is 0 Å². The molecular weight excluding hydrogens is 304 g/mol. The van der Waals surface area contributed by atoms with Crippen LogP contribution in [0.2, 0.25) is 0 Å². The maximum atomic E-state index is 11.8. The SMILES string of the molecule is CC(CC(O)c1ccco1)NC(=O)CNC(=O)c1cccs1. The molecule has 0 aliphatic carbocycles. The smallest absolute Gasteiger partial charge is 0.261 e. The summed E-state index contributed by atoms with van der Waals surface area (Å²) in [5.41, 5.74) is 0. The molecule has 0 saturated heterocycles. The van der Waals surface area contributed by atoms with E-state index in [4.69, 9.17) is 4.42 Å². The number of amides is 2. The third-order valence-corrected chi connectivity index (χ3v) is 3.88. The molecule has 0 radical (unpaired) electrons. The Balaban J connectivity index is 1.71. The number of carbonyl (C=O) groups excluding carboxylic acids is 2. The third-order valence-electron chi connectivity index (χ3n) is 3.01. The summed E-state index contributed by atoms with van der Waals surface area (Å²) in [6.45, 7) is 1.68. The van der Waals surface area contributed by atoms with Crippen LogP contribution in [0.25, 0.3) is 0 Å². The summed E-state index contributed by atoms with van der Waals surface area (Å²) >= 11 is 1.32. The summed E-state index contributed by atoms with van der Waals surface area (Å²) in [6, 6.07) is 6.60. The van der Waals surface area contributed by atoms with Gasteiger partial charge in [-0.2, -0.15) is 0 Å². The number of thiophene rings is 1. The van der Waals surface area contributed by atoms with Gasteiger partial charge in [0, 0.05) is 12.5 Å². The lowest BCUT2D eigenvalue weighted by molar-refractivity contribution is -0.120. The van der Waals surface area contributed by atoms with Crippen LogP contribution in [-0.2, 0) is 4.79 Å². The van der Waals surface area contributed by atoms with E-state index >= 15 is 0 Å². The molecule has 6 nitrogen and oxygen atoms in total. The Labute approximate surface area is 132 Å². The zero-order chi connectivity index (χ0) is 15.9. The van der Waals surface area contributed by atoms with Crippen LogP contribution in [0.4, 0.5) is 0 Å². The minimum Gasteiger partial charge on any atom is -0.467 e. The van der Waals surface area contributed by atoms with E-state index in [2.05, 4.69) is 10.6 Å². The molecule has 0 aromatic carbocycles. The van der Waals surface area contributed by atoms with Crippen LogP contribution in [0.3, 0.4) is 0 Å². The first-order chi connectivity index (χ1) is 10.6. The second-order valence-electron chi connectivity index (χ2n) is 4.90. The predicted molar refractivity (Wildman–Crippen MR) is 82.5 cm³/mol. The summed E-state index contributed by atoms with van der Waals surface area (Å²) in [5, 5.41) is 17.0. The van der Waals surface area contributed by atoms with Gasteiger partial charge in [-0.15, -0.1) is 11.3 Å². The van der Waals surface area contributed by atoms with Gasteiger partial charge in [0.2, 0.25) is 5.91 Å². The van der Waals surface area contributed by atoms with Crippen molar-refractivity contribution in [2.45, 2.75) is 25.5 Å². The molecular formula is C15H18N2O4S. The van der Waals surface area contributed by atoms with Gasteiger partial charge in [0.15, 0.2) is 0 Å². The number of carbonyl (C=O) groups is 2. The van der Waals surface area contributed by atoms with E-state index in [9.17, 15) is 14.7 Å². The van der Waals surface area contributed by atoms with Crippen molar-refractivity contribution < 1.29 is 19.1 Å². The fraction of sp³-hybridized carbons (Fsp3) is 0.333. The highest BCUT2D eigenvalue weighted by atomic mass is 32.1. The molecule has 0 aliphatic heterocycles. The van der Waals surface area contributed by atoms with Gasteiger partial charge in [0.25, 0.3) is 5.91 Å². The Morgan fingerprint density at radius 2 is 2.18 bits per heavy atom. The molecule has 2 amide bonds. The van der Waals surface area contributed by atoms with E-state index < -0.39 is 6.10 Å². The molecule has 0 spiro atoms. The van der Waals surface area contributed by atoms with Gasteiger partial charge in [0.1, 0.15) is 11.9 Å². The molecule has 0 bridgehead atoms. The second-order valence-corrected chi connectivity index (χ2v) is 5.84. The molecule has 118 valence electrons. The lowest BCUT2D eigenvalue weighted by Gasteiger charge is -2.16. The Morgan fingerprint density at radius 3 is 2.82 bits per heavy atom. The monoisotopic (exact) mass is 322 g/mol. The van der Waals surface area contributed by atoms with Crippen molar-refractivity contribution >= 4 is 23.2 Å². The molecule has 0 saturated carbocycles. The lowest BCUT2D eigenvalue weighted by atomic mass is 10.1. The molecule has 7 heteroatoms. The number of rotatable bonds is 7. The van der Waals surface area contributed by atoms with Crippen LogP contribution in [0, 0.1) is 0 Å². The third kappa shape index (κ3) is 4.71. The predicted octanol–water partition coefficient (Wildman–Crippen LogP) is 1.70. The topological polar surface area (TPSA) is 91.6 Å². The summed E-state index contributed by atoms with van der Waals surface area (Å²) in [4.78, 5) is 24.0. The van der Waals surface area contributed by atoms with E-state index in [0.717, 1.165) is 0 Å². The lowest BCUT2D eigenvalue weighted by Crippen LogP contribution is -2.41. The molecule has 2 aromatic rings. The molecule has 2 rings (SSSR count). The standard InChI is InChI=1S/C15H18N2O4S/c1-10(8-11(18)12-4-2-6-21-12)17-14(19)9-16-15(20)13-5-3-7-22-13/h2-7,10-11,18H,8-9H2,1H3,(H,16,20)(H,17,19). The van der Waals surface area contributed by atoms with Crippen LogP contribution in [0.1, 0.15) is 34.9 Å². The fourth-order valence-corrected chi connectivity index (χ4v) is 2.61. The molecule has 2 unspecified atom stereocenters. The van der Waals surface area contributed by atoms with E-state index in [1.54, 1.807) is 36.6 Å². The van der Waals surface area contributed by atoms with E-state index in [0.29, 0.717) is 17.1 Å². The molecule has 3 N–H and O–H groups in total. The highest BCUT2D eigenvalue weighted by Crippen LogP contribution is 2.18. The van der Waals surface area contributed by atoms with Gasteiger partial charge in [0.05, 0.1) is 17.7 Å². The highest BCUT2D eigenvalue weighted by molar-refractivity contribution is 7.12. The van der Waals surface area contributed by atoms with Gasteiger partial charge in [-0.3, -0.25) is 9.59 Å². The Bertz CT molecular complexity index is 595. The zero-order valence-electron chi connectivity index (χ0n) is 12.1. The van der Waals surface area contributed by atoms with Crippen molar-refractivity contribution in [3.8, 4) is 0 Å². The Morgan fingerprint density at radius 1 is 1.36 bits per heavy atom. The van der Waals surface area contributed by atoms with E-state index in [1.165, 1.54) is 17.6 Å². The Kier molecular flexibility index (Phi) is 5.74. The number of hydrogen-bond donors (Lipinski definition) is 3. The summed E-state index contributed by atoms with van der Waals surface area (Å²) in [5.74, 6) is -0.107. The van der Waals surface area contributed by atoms with Crippen LogP contribution in [0.5, 0.6) is 0 Å². The van der Waals surface area contributed by atoms with Crippen molar-refractivity contribution in [1.82, 2.24) is 10.6 Å². The maximum Gasteiger partial charge on any atom is 0.261 e. The average molecular weight is 322 g/mol. The first kappa shape index (κ1) is 16.3. The van der Waals surface area contributed by atoms with Crippen LogP contribution >= 0.6 is 11.3 Å². The number of nitrogens with one attached hydrogen (secondary N) is 2. The molecule has 2 atom stereocenters. The van der Waals surface area contributed by atoms with Gasteiger partial charge < -0.3 is 20.2 Å². The largest absolute Gasteiger partial charge is 0.467 e. The van der Waals surface area contributed by atoms with Crippen molar-refractivity contribution in [1.29, 1.82) is 0 Å². The average Bonchev–Trinajstić information content (AvgIpc) is 3.16. The zero-order valence-corrected chi connectivity index (χ0v) is 12.9.